The predicted molar refractivity (Wildman–Crippen MR) is 95.2 cm³/mol. The van der Waals surface area contributed by atoms with E-state index in [1.807, 2.05) is 12.1 Å². The van der Waals surface area contributed by atoms with Gasteiger partial charge in [-0.3, -0.25) is 0 Å². The quantitative estimate of drug-likeness (QED) is 0.490. The Morgan fingerprint density at radius 2 is 1.43 bits per heavy atom. The van der Waals surface area contributed by atoms with Crippen molar-refractivity contribution in [3.05, 3.63) is 56.5 Å². The van der Waals surface area contributed by atoms with Crippen molar-refractivity contribution in [1.82, 2.24) is 0 Å². The molecule has 2 rings (SSSR count). The zero-order valence-electron chi connectivity index (χ0n) is 11.3. The molecule has 0 aromatic heterocycles. The molecule has 0 bridgehead atoms. The van der Waals surface area contributed by atoms with Gasteiger partial charge in [-0.1, -0.05) is 0 Å². The number of benzene rings is 2. The van der Waals surface area contributed by atoms with E-state index < -0.39 is 9.05 Å². The lowest BCUT2D eigenvalue weighted by Crippen LogP contribution is -1.91. The monoisotopic (exact) mass is 475 g/mol. The smallest absolute Gasteiger partial charge is 0.261 e. The minimum Gasteiger partial charge on any atom is -0.399 e. The molecular formula is C14H8Br2ClN3O2S. The maximum atomic E-state index is 10.8. The first-order valence-electron chi connectivity index (χ1n) is 5.78. The highest BCUT2D eigenvalue weighted by atomic mass is 79.9. The average Bonchev–Trinajstić information content (AvgIpc) is 2.47. The lowest BCUT2D eigenvalue weighted by Gasteiger charge is -1.97. The van der Waals surface area contributed by atoms with E-state index in [2.05, 4.69) is 31.9 Å². The summed E-state index contributed by atoms with van der Waals surface area (Å²) >= 11 is 6.26. The van der Waals surface area contributed by atoms with Gasteiger partial charge in [0.05, 0.1) is 16.0 Å². The summed E-state index contributed by atoms with van der Waals surface area (Å²) in [6, 6.07) is 13.0. The second-order valence-electron chi connectivity index (χ2n) is 4.04. The van der Waals surface area contributed by atoms with Crippen LogP contribution in [-0.2, 0) is 9.05 Å². The van der Waals surface area contributed by atoms with Crippen molar-refractivity contribution < 1.29 is 8.42 Å². The van der Waals surface area contributed by atoms with Crippen LogP contribution in [0.2, 0.25) is 0 Å². The van der Waals surface area contributed by atoms with Crippen LogP contribution in [0.4, 0.5) is 5.69 Å². The summed E-state index contributed by atoms with van der Waals surface area (Å²) in [5, 5.41) is 17.0. The summed E-state index contributed by atoms with van der Waals surface area (Å²) in [7, 11) is 1.38. The van der Waals surface area contributed by atoms with Crippen LogP contribution < -0.4 is 5.73 Å². The predicted octanol–water partition coefficient (Wildman–Crippen LogP) is 4.15. The molecule has 2 aromatic carbocycles. The van der Waals surface area contributed by atoms with E-state index in [-0.39, 0.29) is 4.90 Å². The van der Waals surface area contributed by atoms with Crippen molar-refractivity contribution in [3.8, 4) is 12.1 Å². The fourth-order valence-corrected chi connectivity index (χ4v) is 3.24. The van der Waals surface area contributed by atoms with E-state index in [9.17, 15) is 8.42 Å². The van der Waals surface area contributed by atoms with Crippen LogP contribution in [0.15, 0.2) is 50.2 Å². The summed E-state index contributed by atoms with van der Waals surface area (Å²) < 4.78 is 22.9. The Bertz CT molecular complexity index is 919. The van der Waals surface area contributed by atoms with Gasteiger partial charge in [0.1, 0.15) is 12.1 Å². The Labute approximate surface area is 155 Å². The first-order valence-corrected chi connectivity index (χ1v) is 9.68. The van der Waals surface area contributed by atoms with Gasteiger partial charge in [0, 0.05) is 25.3 Å². The van der Waals surface area contributed by atoms with Gasteiger partial charge in [-0.05, 0) is 68.3 Å². The largest absolute Gasteiger partial charge is 0.399 e. The second-order valence-corrected chi connectivity index (χ2v) is 8.32. The molecule has 118 valence electrons. The molecule has 0 aliphatic carbocycles. The van der Waals surface area contributed by atoms with Gasteiger partial charge in [-0.25, -0.2) is 8.42 Å². The van der Waals surface area contributed by atoms with Crippen molar-refractivity contribution in [2.75, 3.05) is 5.73 Å². The molecule has 5 nitrogen and oxygen atoms in total. The van der Waals surface area contributed by atoms with Crippen LogP contribution in [0.1, 0.15) is 11.1 Å². The van der Waals surface area contributed by atoms with Gasteiger partial charge in [0.15, 0.2) is 0 Å². The molecule has 0 aliphatic heterocycles. The summed E-state index contributed by atoms with van der Waals surface area (Å²) in [6.07, 6.45) is 0. The summed E-state index contributed by atoms with van der Waals surface area (Å²) in [4.78, 5) is -0.0277. The molecule has 0 atom stereocenters. The van der Waals surface area contributed by atoms with Gasteiger partial charge in [0.2, 0.25) is 0 Å². The third-order valence-corrected chi connectivity index (χ3v) is 5.12. The van der Waals surface area contributed by atoms with Crippen molar-refractivity contribution in [1.29, 1.82) is 10.5 Å². The van der Waals surface area contributed by atoms with Gasteiger partial charge in [-0.15, -0.1) is 0 Å². The number of hydrogen-bond donors (Lipinski definition) is 1. The standard InChI is InChI=1S/C7H3BrClNO2S.C7H5BrN2/c8-7-3-6(13(9,11)12)2-1-5(7)4-10;8-7-3-6(10)2-1-5(7)4-9/h1-3H;1-3H,10H2. The number of hydrogen-bond acceptors (Lipinski definition) is 5. The molecule has 2 aromatic rings. The van der Waals surface area contributed by atoms with E-state index in [0.717, 1.165) is 4.47 Å². The Morgan fingerprint density at radius 1 is 0.957 bits per heavy atom. The molecule has 0 saturated carbocycles. The molecule has 0 fully saturated rings. The zero-order chi connectivity index (χ0) is 17.6. The molecule has 23 heavy (non-hydrogen) atoms. The molecule has 0 heterocycles. The minimum absolute atomic E-state index is 0.0277. The van der Waals surface area contributed by atoms with Crippen LogP contribution in [0.5, 0.6) is 0 Å². The SMILES string of the molecule is N#Cc1ccc(N)cc1Br.N#Cc1ccc(S(=O)(=O)Cl)cc1Br. The first-order chi connectivity index (χ1) is 10.7. The number of rotatable bonds is 1. The molecule has 0 radical (unpaired) electrons. The third-order valence-electron chi connectivity index (χ3n) is 2.46. The molecule has 0 amide bonds. The van der Waals surface area contributed by atoms with Gasteiger partial charge >= 0.3 is 0 Å². The summed E-state index contributed by atoms with van der Waals surface area (Å²) in [5.74, 6) is 0. The lowest BCUT2D eigenvalue weighted by molar-refractivity contribution is 0.609. The second kappa shape index (κ2) is 8.32. The molecule has 0 spiro atoms. The van der Waals surface area contributed by atoms with E-state index in [1.165, 1.54) is 18.2 Å². The highest BCUT2D eigenvalue weighted by Crippen LogP contribution is 2.22. The van der Waals surface area contributed by atoms with E-state index >= 15 is 0 Å². The van der Waals surface area contributed by atoms with E-state index in [0.29, 0.717) is 21.3 Å². The Balaban J connectivity index is 0.000000238. The fourth-order valence-electron chi connectivity index (χ4n) is 1.36. The van der Waals surface area contributed by atoms with Crippen molar-refractivity contribution >= 4 is 57.3 Å². The third kappa shape index (κ3) is 5.85. The zero-order valence-corrected chi connectivity index (χ0v) is 16.0. The van der Waals surface area contributed by atoms with E-state index in [1.54, 1.807) is 18.2 Å². The first kappa shape index (κ1) is 19.5. The van der Waals surface area contributed by atoms with Gasteiger partial charge < -0.3 is 5.73 Å². The highest BCUT2D eigenvalue weighted by molar-refractivity contribution is 9.10. The average molecular weight is 478 g/mol. The maximum absolute atomic E-state index is 10.8. The van der Waals surface area contributed by atoms with Crippen LogP contribution >= 0.6 is 42.5 Å². The number of anilines is 1. The fraction of sp³-hybridized carbons (Fsp3) is 0. The molecule has 9 heteroatoms. The highest BCUT2D eigenvalue weighted by Gasteiger charge is 2.11. The van der Waals surface area contributed by atoms with Crippen molar-refractivity contribution in [3.63, 3.8) is 0 Å². The minimum atomic E-state index is -3.72. The van der Waals surface area contributed by atoms with Crippen molar-refractivity contribution in [2.45, 2.75) is 4.90 Å². The normalized spacial score (nSPS) is 9.96. The van der Waals surface area contributed by atoms with Crippen LogP contribution in [0.3, 0.4) is 0 Å². The molecule has 0 saturated heterocycles. The number of nitrogens with zero attached hydrogens (tertiary/aromatic N) is 2. The number of nitrogens with two attached hydrogens (primary N) is 1. The number of halogens is 3. The van der Waals surface area contributed by atoms with Crippen LogP contribution in [0, 0.1) is 22.7 Å². The molecule has 0 aliphatic rings. The van der Waals surface area contributed by atoms with Crippen LogP contribution in [0.25, 0.3) is 0 Å². The summed E-state index contributed by atoms with van der Waals surface area (Å²) in [6.45, 7) is 0. The maximum Gasteiger partial charge on any atom is 0.261 e. The Morgan fingerprint density at radius 3 is 1.83 bits per heavy atom. The molecular weight excluding hydrogens is 470 g/mol. The van der Waals surface area contributed by atoms with E-state index in [4.69, 9.17) is 26.9 Å². The number of nitriles is 2. The Hall–Kier alpha value is -1.58. The van der Waals surface area contributed by atoms with Gasteiger partial charge in [-0.2, -0.15) is 10.5 Å². The summed E-state index contributed by atoms with van der Waals surface area (Å²) in [5.41, 5.74) is 7.07. The lowest BCUT2D eigenvalue weighted by atomic mass is 10.2. The Kier molecular flexibility index (Phi) is 7.04. The molecule has 2 N–H and O–H groups in total. The van der Waals surface area contributed by atoms with Gasteiger partial charge in [0.25, 0.3) is 9.05 Å². The number of nitrogen functional groups attached to an aromatic ring is 1. The molecule has 0 unspecified atom stereocenters. The topological polar surface area (TPSA) is 108 Å². The van der Waals surface area contributed by atoms with Crippen LogP contribution in [-0.4, -0.2) is 8.42 Å². The van der Waals surface area contributed by atoms with Crippen molar-refractivity contribution in [2.24, 2.45) is 0 Å².